The van der Waals surface area contributed by atoms with Crippen molar-refractivity contribution in [3.05, 3.63) is 94.7 Å². The van der Waals surface area contributed by atoms with Gasteiger partial charge in [-0.15, -0.1) is 22.7 Å². The van der Waals surface area contributed by atoms with E-state index in [2.05, 4.69) is 19.6 Å². The van der Waals surface area contributed by atoms with Gasteiger partial charge in [-0.3, -0.25) is 19.4 Å². The molecule has 0 unspecified atom stereocenters. The number of sulfonamides is 2. The van der Waals surface area contributed by atoms with E-state index in [1.165, 1.54) is 22.7 Å². The standard InChI is InChI=1S/2C25H33N3O5S2/c2*1-25(2,30)18-5-7-19(8-6-18)27-10-9-26(35(31,32)24-4-3-11-34-24)14-22(27)15-28-20-12-23(29)13-21(28)17-33-16-20/h2*3-8,11,20-22,30H,9-10,12-17H2,1-2H3/t2*20-,21+,22-/m11/s1. The summed E-state index contributed by atoms with van der Waals surface area (Å²) in [5.41, 5.74) is 1.82. The zero-order valence-electron chi connectivity index (χ0n) is 40.3. The zero-order chi connectivity index (χ0) is 49.6. The lowest BCUT2D eigenvalue weighted by Gasteiger charge is -2.50. The molecule has 70 heavy (non-hydrogen) atoms. The molecule has 0 radical (unpaired) electrons. The van der Waals surface area contributed by atoms with Crippen molar-refractivity contribution in [2.75, 3.05) is 88.6 Å². The summed E-state index contributed by atoms with van der Waals surface area (Å²) in [6.07, 6.45) is 1.95. The minimum atomic E-state index is -3.56. The lowest BCUT2D eigenvalue weighted by Crippen LogP contribution is -2.64. The van der Waals surface area contributed by atoms with Crippen molar-refractivity contribution in [1.82, 2.24) is 18.4 Å². The summed E-state index contributed by atoms with van der Waals surface area (Å²) >= 11 is 2.49. The lowest BCUT2D eigenvalue weighted by atomic mass is 9.92. The number of rotatable bonds is 12. The van der Waals surface area contributed by atoms with E-state index in [1.54, 1.807) is 71.3 Å². The van der Waals surface area contributed by atoms with Gasteiger partial charge in [-0.2, -0.15) is 8.61 Å². The Bertz CT molecular complexity index is 2440. The summed E-state index contributed by atoms with van der Waals surface area (Å²) in [5, 5.41) is 24.3. The van der Waals surface area contributed by atoms with E-state index in [0.717, 1.165) is 22.5 Å². The molecular formula is C50H66N6O10S4. The highest BCUT2D eigenvalue weighted by Gasteiger charge is 2.44. The molecule has 8 heterocycles. The first-order valence-corrected chi connectivity index (χ1v) is 28.9. The molecule has 2 aromatic carbocycles. The van der Waals surface area contributed by atoms with Gasteiger partial charge in [0.25, 0.3) is 20.0 Å². The van der Waals surface area contributed by atoms with E-state index >= 15 is 0 Å². The molecule has 6 aliphatic heterocycles. The maximum absolute atomic E-state index is 13.3. The number of morpholine rings is 2. The van der Waals surface area contributed by atoms with E-state index in [1.807, 2.05) is 48.5 Å². The summed E-state index contributed by atoms with van der Waals surface area (Å²) in [6.45, 7) is 13.2. The van der Waals surface area contributed by atoms with Crippen molar-refractivity contribution in [2.24, 2.45) is 0 Å². The van der Waals surface area contributed by atoms with Crippen LogP contribution in [0.3, 0.4) is 0 Å². The Morgan fingerprint density at radius 3 is 1.19 bits per heavy atom. The largest absolute Gasteiger partial charge is 0.386 e. The molecule has 0 saturated carbocycles. The molecule has 4 bridgehead atoms. The number of ether oxygens (including phenoxy) is 2. The van der Waals surface area contributed by atoms with Crippen LogP contribution in [-0.2, 0) is 50.3 Å². The smallest absolute Gasteiger partial charge is 0.252 e. The third-order valence-corrected chi connectivity index (χ3v) is 21.2. The number of thiophene rings is 2. The zero-order valence-corrected chi connectivity index (χ0v) is 43.6. The van der Waals surface area contributed by atoms with Crippen LogP contribution in [-0.4, -0.2) is 172 Å². The first-order chi connectivity index (χ1) is 33.3. The topological polar surface area (TPSA) is 181 Å². The fourth-order valence-electron chi connectivity index (χ4n) is 10.9. The molecule has 16 nitrogen and oxygen atoms in total. The number of anilines is 2. The SMILES string of the molecule is CC(C)(O)c1ccc(N2CCN(S(=O)(=O)c3cccs3)C[C@@H]2CN2[C@@H]3COC[C@H]2CC(=O)C3)cc1.CC(C)(O)c1ccc(N2CCN(S(=O)(=O)c3cccs3)C[C@@H]2CN2[C@@H]3COC[C@H]2CC(=O)C3)cc1. The molecule has 0 aliphatic carbocycles. The fraction of sp³-hybridized carbons (Fsp3) is 0.560. The molecule has 20 heteroatoms. The second kappa shape index (κ2) is 20.7. The maximum Gasteiger partial charge on any atom is 0.252 e. The molecule has 4 aromatic rings. The molecule has 6 atom stereocenters. The Morgan fingerprint density at radius 1 is 0.543 bits per heavy atom. The normalized spacial score (nSPS) is 26.8. The van der Waals surface area contributed by atoms with Gasteiger partial charge in [0.2, 0.25) is 0 Å². The van der Waals surface area contributed by atoms with Gasteiger partial charge in [-0.25, -0.2) is 16.8 Å². The van der Waals surface area contributed by atoms with Crippen LogP contribution in [0.5, 0.6) is 0 Å². The second-order valence-corrected chi connectivity index (χ2v) is 26.7. The Kier molecular flexibility index (Phi) is 15.2. The average Bonchev–Trinajstić information content (AvgIpc) is 4.07. The maximum atomic E-state index is 13.3. The van der Waals surface area contributed by atoms with Crippen molar-refractivity contribution in [2.45, 2.75) is 109 Å². The fourth-order valence-corrected chi connectivity index (χ4v) is 16.2. The number of hydrogen-bond donors (Lipinski definition) is 2. The van der Waals surface area contributed by atoms with Gasteiger partial charge in [-0.1, -0.05) is 36.4 Å². The molecule has 6 fully saturated rings. The summed E-state index contributed by atoms with van der Waals surface area (Å²) in [4.78, 5) is 33.8. The van der Waals surface area contributed by atoms with Crippen LogP contribution in [0, 0.1) is 0 Å². The third-order valence-electron chi connectivity index (χ3n) is 14.7. The van der Waals surface area contributed by atoms with Crippen molar-refractivity contribution >= 4 is 65.7 Å². The van der Waals surface area contributed by atoms with Crippen LogP contribution < -0.4 is 9.80 Å². The molecule has 2 N–H and O–H groups in total. The molecule has 6 aliphatic rings. The quantitative estimate of drug-likeness (QED) is 0.202. The van der Waals surface area contributed by atoms with Crippen LogP contribution in [0.25, 0.3) is 0 Å². The van der Waals surface area contributed by atoms with E-state index in [-0.39, 0.29) is 47.8 Å². The monoisotopic (exact) mass is 1040 g/mol. The molecule has 0 spiro atoms. The molecular weight excluding hydrogens is 973 g/mol. The summed E-state index contributed by atoms with van der Waals surface area (Å²) in [7, 11) is -7.11. The van der Waals surface area contributed by atoms with Crippen LogP contribution in [0.4, 0.5) is 11.4 Å². The number of carbonyl (C=O) groups is 2. The minimum Gasteiger partial charge on any atom is -0.386 e. The molecule has 10 rings (SSSR count). The van der Waals surface area contributed by atoms with Crippen molar-refractivity contribution in [1.29, 1.82) is 0 Å². The van der Waals surface area contributed by atoms with Crippen LogP contribution in [0.15, 0.2) is 92.0 Å². The van der Waals surface area contributed by atoms with E-state index < -0.39 is 31.2 Å². The van der Waals surface area contributed by atoms with Gasteiger partial charge < -0.3 is 29.5 Å². The molecule has 380 valence electrons. The Labute approximate surface area is 420 Å². The number of benzene rings is 2. The Balaban J connectivity index is 0.000000174. The van der Waals surface area contributed by atoms with E-state index in [0.29, 0.717) is 113 Å². The number of Topliss-reactive ketones (excluding diaryl/α,β-unsaturated/α-hetero) is 2. The number of fused-ring (bicyclic) bond motifs is 4. The second-order valence-electron chi connectivity index (χ2n) is 20.5. The van der Waals surface area contributed by atoms with Gasteiger partial charge in [-0.05, 0) is 86.0 Å². The summed E-state index contributed by atoms with van der Waals surface area (Å²) < 4.78 is 68.8. The number of carbonyl (C=O) groups excluding carboxylic acids is 2. The van der Waals surface area contributed by atoms with Crippen molar-refractivity contribution < 1.29 is 46.1 Å². The number of nitrogens with zero attached hydrogens (tertiary/aromatic N) is 6. The highest BCUT2D eigenvalue weighted by molar-refractivity contribution is 7.91. The first-order valence-electron chi connectivity index (χ1n) is 24.2. The molecule has 6 saturated heterocycles. The van der Waals surface area contributed by atoms with Gasteiger partial charge >= 0.3 is 0 Å². The first kappa shape index (κ1) is 51.3. The van der Waals surface area contributed by atoms with Gasteiger partial charge in [0.15, 0.2) is 0 Å². The van der Waals surface area contributed by atoms with Gasteiger partial charge in [0, 0.05) is 114 Å². The number of ketones is 2. The molecule has 2 aromatic heterocycles. The van der Waals surface area contributed by atoms with Crippen LogP contribution >= 0.6 is 22.7 Å². The van der Waals surface area contributed by atoms with Crippen LogP contribution in [0.2, 0.25) is 0 Å². The van der Waals surface area contributed by atoms with Gasteiger partial charge in [0.05, 0.1) is 49.7 Å². The summed E-state index contributed by atoms with van der Waals surface area (Å²) in [6, 6.07) is 22.6. The van der Waals surface area contributed by atoms with E-state index in [9.17, 15) is 36.6 Å². The van der Waals surface area contributed by atoms with Gasteiger partial charge in [0.1, 0.15) is 20.0 Å². The number of aliphatic hydroxyl groups is 2. The number of piperazine rings is 2. The lowest BCUT2D eigenvalue weighted by molar-refractivity contribution is -0.136. The number of piperidine rings is 2. The average molecular weight is 1040 g/mol. The Hall–Kier alpha value is -3.64. The number of hydrogen-bond acceptors (Lipinski definition) is 16. The van der Waals surface area contributed by atoms with E-state index in [4.69, 9.17) is 9.47 Å². The predicted octanol–water partition coefficient (Wildman–Crippen LogP) is 4.57. The highest BCUT2D eigenvalue weighted by Crippen LogP contribution is 2.34. The predicted molar refractivity (Wildman–Crippen MR) is 270 cm³/mol. The van der Waals surface area contributed by atoms with Crippen molar-refractivity contribution in [3.63, 3.8) is 0 Å². The Morgan fingerprint density at radius 2 is 0.886 bits per heavy atom. The summed E-state index contributed by atoms with van der Waals surface area (Å²) in [5.74, 6) is 0.563. The van der Waals surface area contributed by atoms with Crippen LogP contribution in [0.1, 0.15) is 64.5 Å². The molecule has 0 amide bonds. The minimum absolute atomic E-state index is 0.0405. The van der Waals surface area contributed by atoms with Crippen molar-refractivity contribution in [3.8, 4) is 0 Å². The highest BCUT2D eigenvalue weighted by atomic mass is 32.3. The third kappa shape index (κ3) is 11.1.